The number of methoxy groups -OCH3 is 2. The molecule has 1 amide bonds. The van der Waals surface area contributed by atoms with E-state index in [9.17, 15) is 4.79 Å². The molecule has 1 aliphatic rings. The highest BCUT2D eigenvalue weighted by molar-refractivity contribution is 5.97. The molecule has 0 atom stereocenters. The lowest BCUT2D eigenvalue weighted by Crippen LogP contribution is -2.39. The molecule has 1 fully saturated rings. The van der Waals surface area contributed by atoms with Gasteiger partial charge in [0, 0.05) is 25.3 Å². The Morgan fingerprint density at radius 1 is 1.19 bits per heavy atom. The molecule has 0 N–H and O–H groups in total. The summed E-state index contributed by atoms with van der Waals surface area (Å²) in [4.78, 5) is 14.9. The summed E-state index contributed by atoms with van der Waals surface area (Å²) in [7, 11) is 3.14. The first-order chi connectivity index (χ1) is 12.5. The zero-order valence-electron chi connectivity index (χ0n) is 16.0. The lowest BCUT2D eigenvalue weighted by atomic mass is 9.96. The maximum atomic E-state index is 12.9. The Labute approximate surface area is 154 Å². The first-order valence-corrected chi connectivity index (χ1v) is 9.04. The van der Waals surface area contributed by atoms with E-state index in [1.54, 1.807) is 26.4 Å². The number of nitrogens with zero attached hydrogens (tertiary/aromatic N) is 3. The van der Waals surface area contributed by atoms with Crippen LogP contribution in [-0.2, 0) is 6.54 Å². The molecule has 3 rings (SSSR count). The van der Waals surface area contributed by atoms with Gasteiger partial charge in [0.25, 0.3) is 5.91 Å². The zero-order valence-corrected chi connectivity index (χ0v) is 16.0. The fourth-order valence-electron chi connectivity index (χ4n) is 3.65. The van der Waals surface area contributed by atoms with E-state index in [0.717, 1.165) is 38.2 Å². The standard InChI is InChI=1S/C20H27N3O3/c1-14-12-15(2)23(21-14)13-16-8-10-22(11-9-16)20(24)17-6-5-7-18(25-3)19(17)26-4/h5-7,12,16H,8-11,13H2,1-4H3. The summed E-state index contributed by atoms with van der Waals surface area (Å²) in [5.74, 6) is 1.64. The average molecular weight is 357 g/mol. The normalized spacial score (nSPS) is 15.2. The second-order valence-electron chi connectivity index (χ2n) is 6.89. The minimum Gasteiger partial charge on any atom is -0.493 e. The van der Waals surface area contributed by atoms with Gasteiger partial charge in [-0.2, -0.15) is 5.10 Å². The number of carbonyl (C=O) groups excluding carboxylic acids is 1. The highest BCUT2D eigenvalue weighted by Gasteiger charge is 2.27. The molecule has 26 heavy (non-hydrogen) atoms. The monoisotopic (exact) mass is 357 g/mol. The number of likely N-dealkylation sites (tertiary alicyclic amines) is 1. The predicted molar refractivity (Wildman–Crippen MR) is 99.9 cm³/mol. The summed E-state index contributed by atoms with van der Waals surface area (Å²) in [5, 5.41) is 4.55. The van der Waals surface area contributed by atoms with Gasteiger partial charge in [0.2, 0.25) is 0 Å². The summed E-state index contributed by atoms with van der Waals surface area (Å²) < 4.78 is 12.8. The molecular formula is C20H27N3O3. The number of para-hydroxylation sites is 1. The number of ether oxygens (including phenoxy) is 2. The smallest absolute Gasteiger partial charge is 0.257 e. The Hall–Kier alpha value is -2.50. The van der Waals surface area contributed by atoms with Crippen LogP contribution in [0.15, 0.2) is 24.3 Å². The van der Waals surface area contributed by atoms with Crippen LogP contribution in [-0.4, -0.2) is 47.9 Å². The van der Waals surface area contributed by atoms with Gasteiger partial charge in [-0.05, 0) is 50.8 Å². The third-order valence-electron chi connectivity index (χ3n) is 5.07. The fourth-order valence-corrected chi connectivity index (χ4v) is 3.65. The number of hydrogen-bond donors (Lipinski definition) is 0. The van der Waals surface area contributed by atoms with Crippen molar-refractivity contribution < 1.29 is 14.3 Å². The molecule has 140 valence electrons. The maximum absolute atomic E-state index is 12.9. The number of aryl methyl sites for hydroxylation is 2. The maximum Gasteiger partial charge on any atom is 0.257 e. The van der Waals surface area contributed by atoms with Crippen molar-refractivity contribution >= 4 is 5.91 Å². The van der Waals surface area contributed by atoms with Crippen molar-refractivity contribution in [1.29, 1.82) is 0 Å². The number of hydrogen-bond acceptors (Lipinski definition) is 4. The molecule has 1 aromatic carbocycles. The molecule has 0 bridgehead atoms. The van der Waals surface area contributed by atoms with E-state index >= 15 is 0 Å². The lowest BCUT2D eigenvalue weighted by molar-refractivity contribution is 0.0677. The topological polar surface area (TPSA) is 56.6 Å². The molecule has 0 radical (unpaired) electrons. The van der Waals surface area contributed by atoms with E-state index in [1.165, 1.54) is 5.69 Å². The van der Waals surface area contributed by atoms with Crippen LogP contribution in [0.4, 0.5) is 0 Å². The van der Waals surface area contributed by atoms with Gasteiger partial charge in [-0.15, -0.1) is 0 Å². The fraction of sp³-hybridized carbons (Fsp3) is 0.500. The van der Waals surface area contributed by atoms with E-state index in [2.05, 4.69) is 22.8 Å². The summed E-state index contributed by atoms with van der Waals surface area (Å²) in [6, 6.07) is 7.53. The molecule has 1 saturated heterocycles. The first kappa shape index (κ1) is 18.3. The predicted octanol–water partition coefficient (Wildman–Crippen LogP) is 3.07. The van der Waals surface area contributed by atoms with E-state index in [4.69, 9.17) is 9.47 Å². The summed E-state index contributed by atoms with van der Waals surface area (Å²) in [6.07, 6.45) is 1.97. The van der Waals surface area contributed by atoms with Crippen molar-refractivity contribution in [1.82, 2.24) is 14.7 Å². The molecule has 6 nitrogen and oxygen atoms in total. The first-order valence-electron chi connectivity index (χ1n) is 9.04. The third kappa shape index (κ3) is 3.69. The highest BCUT2D eigenvalue weighted by atomic mass is 16.5. The van der Waals surface area contributed by atoms with Crippen LogP contribution in [0.5, 0.6) is 11.5 Å². The molecule has 1 aromatic heterocycles. The Balaban J connectivity index is 1.65. The number of benzene rings is 1. The van der Waals surface area contributed by atoms with Gasteiger partial charge >= 0.3 is 0 Å². The van der Waals surface area contributed by atoms with E-state index < -0.39 is 0 Å². The number of carbonyl (C=O) groups is 1. The largest absolute Gasteiger partial charge is 0.493 e. The second-order valence-corrected chi connectivity index (χ2v) is 6.89. The molecule has 2 aromatic rings. The van der Waals surface area contributed by atoms with Gasteiger partial charge in [0.1, 0.15) is 0 Å². The van der Waals surface area contributed by atoms with Crippen molar-refractivity contribution in [3.05, 3.63) is 41.2 Å². The number of rotatable bonds is 5. The average Bonchev–Trinajstić information content (AvgIpc) is 2.97. The van der Waals surface area contributed by atoms with Crippen molar-refractivity contribution in [3.8, 4) is 11.5 Å². The Morgan fingerprint density at radius 2 is 1.92 bits per heavy atom. The van der Waals surface area contributed by atoms with Crippen molar-refractivity contribution in [3.63, 3.8) is 0 Å². The van der Waals surface area contributed by atoms with Crippen LogP contribution >= 0.6 is 0 Å². The third-order valence-corrected chi connectivity index (χ3v) is 5.07. The summed E-state index contributed by atoms with van der Waals surface area (Å²) in [5.41, 5.74) is 2.81. The molecule has 1 aliphatic heterocycles. The summed E-state index contributed by atoms with van der Waals surface area (Å²) >= 11 is 0. The Morgan fingerprint density at radius 3 is 2.50 bits per heavy atom. The van der Waals surface area contributed by atoms with Gasteiger partial charge in [-0.3, -0.25) is 9.48 Å². The number of amides is 1. The highest BCUT2D eigenvalue weighted by Crippen LogP contribution is 2.32. The van der Waals surface area contributed by atoms with E-state index in [0.29, 0.717) is 23.0 Å². The van der Waals surface area contributed by atoms with Crippen LogP contribution in [0, 0.1) is 19.8 Å². The quantitative estimate of drug-likeness (QED) is 0.825. The minimum absolute atomic E-state index is 0.00492. The minimum atomic E-state index is 0.00492. The molecule has 6 heteroatoms. The van der Waals surface area contributed by atoms with Crippen molar-refractivity contribution in [2.75, 3.05) is 27.3 Å². The van der Waals surface area contributed by atoms with Crippen LogP contribution in [0.3, 0.4) is 0 Å². The van der Waals surface area contributed by atoms with Crippen LogP contribution < -0.4 is 9.47 Å². The van der Waals surface area contributed by atoms with Crippen LogP contribution in [0.25, 0.3) is 0 Å². The summed E-state index contributed by atoms with van der Waals surface area (Å²) in [6.45, 7) is 6.54. The number of aromatic nitrogens is 2. The van der Waals surface area contributed by atoms with E-state index in [1.807, 2.05) is 17.9 Å². The van der Waals surface area contributed by atoms with Gasteiger partial charge in [0.15, 0.2) is 11.5 Å². The van der Waals surface area contributed by atoms with Crippen LogP contribution in [0.1, 0.15) is 34.6 Å². The molecule has 0 spiro atoms. The number of piperidine rings is 1. The molecule has 0 aliphatic carbocycles. The molecule has 0 unspecified atom stereocenters. The van der Waals surface area contributed by atoms with Crippen molar-refractivity contribution in [2.45, 2.75) is 33.2 Å². The van der Waals surface area contributed by atoms with Gasteiger partial charge in [-0.1, -0.05) is 6.07 Å². The van der Waals surface area contributed by atoms with Gasteiger partial charge in [-0.25, -0.2) is 0 Å². The molecule has 0 saturated carbocycles. The molecular weight excluding hydrogens is 330 g/mol. The SMILES string of the molecule is COc1cccc(C(=O)N2CCC(Cn3nc(C)cc3C)CC2)c1OC. The van der Waals surface area contributed by atoms with Gasteiger partial charge < -0.3 is 14.4 Å². The Kier molecular flexibility index (Phi) is 5.49. The Bertz CT molecular complexity index is 777. The van der Waals surface area contributed by atoms with Crippen LogP contribution in [0.2, 0.25) is 0 Å². The lowest BCUT2D eigenvalue weighted by Gasteiger charge is -2.32. The van der Waals surface area contributed by atoms with Crippen molar-refractivity contribution in [2.24, 2.45) is 5.92 Å². The second kappa shape index (κ2) is 7.81. The van der Waals surface area contributed by atoms with E-state index in [-0.39, 0.29) is 5.91 Å². The molecule has 2 heterocycles. The van der Waals surface area contributed by atoms with Gasteiger partial charge in [0.05, 0.1) is 25.5 Å². The zero-order chi connectivity index (χ0) is 18.7.